The largest absolute Gasteiger partial charge is 0.289 e. The van der Waals surface area contributed by atoms with Crippen LogP contribution in [0.5, 0.6) is 0 Å². The number of hydrogen-bond donors (Lipinski definition) is 0. The molecule has 0 aromatic heterocycles. The van der Waals surface area contributed by atoms with Crippen LogP contribution in [0.3, 0.4) is 0 Å². The van der Waals surface area contributed by atoms with Gasteiger partial charge in [-0.25, -0.2) is 0 Å². The van der Waals surface area contributed by atoms with Crippen LogP contribution in [-0.4, -0.2) is 0 Å². The SMILES string of the molecule is O=c1c2cc(-c3ccccc3)ccc2c2cc3ccc4c(=O)c5cc(-c6ccccc6)ccc5c5cc6ccc1c2c6c3c45. The first-order valence-electron chi connectivity index (χ1n) is 14.9. The van der Waals surface area contributed by atoms with E-state index in [1.807, 2.05) is 60.7 Å². The lowest BCUT2D eigenvalue weighted by Gasteiger charge is -2.19. The van der Waals surface area contributed by atoms with E-state index >= 15 is 0 Å². The van der Waals surface area contributed by atoms with Gasteiger partial charge in [0.05, 0.1) is 0 Å². The van der Waals surface area contributed by atoms with Gasteiger partial charge in [-0.15, -0.1) is 0 Å². The van der Waals surface area contributed by atoms with Gasteiger partial charge in [-0.2, -0.15) is 0 Å². The summed E-state index contributed by atoms with van der Waals surface area (Å²) in [6.45, 7) is 0. The van der Waals surface area contributed by atoms with Crippen LogP contribution < -0.4 is 10.9 Å². The predicted molar refractivity (Wildman–Crippen MR) is 186 cm³/mol. The maximum absolute atomic E-state index is 14.1. The normalized spacial score (nSPS) is 12.3. The summed E-state index contributed by atoms with van der Waals surface area (Å²) in [6.07, 6.45) is 0. The van der Waals surface area contributed by atoms with E-state index in [-0.39, 0.29) is 10.9 Å². The first-order chi connectivity index (χ1) is 21.7. The molecule has 0 aliphatic rings. The van der Waals surface area contributed by atoms with Crippen LogP contribution in [0.2, 0.25) is 0 Å². The van der Waals surface area contributed by atoms with Crippen LogP contribution in [0.15, 0.2) is 143 Å². The van der Waals surface area contributed by atoms with Crippen LogP contribution in [-0.2, 0) is 0 Å². The molecule has 0 atom stereocenters. The molecule has 0 unspecified atom stereocenters. The number of benzene rings is 10. The van der Waals surface area contributed by atoms with Crippen molar-refractivity contribution in [3.63, 3.8) is 0 Å². The summed E-state index contributed by atoms with van der Waals surface area (Å²) in [7, 11) is 0. The van der Waals surface area contributed by atoms with Crippen LogP contribution in [0.4, 0.5) is 0 Å². The molecule has 0 saturated heterocycles. The molecule has 0 heterocycles. The lowest BCUT2D eigenvalue weighted by Crippen LogP contribution is -2.06. The van der Waals surface area contributed by atoms with Crippen LogP contribution in [0.25, 0.3) is 97.7 Å². The average molecular weight is 559 g/mol. The molecular weight excluding hydrogens is 536 g/mol. The van der Waals surface area contributed by atoms with Gasteiger partial charge in [0.2, 0.25) is 0 Å². The van der Waals surface area contributed by atoms with Crippen molar-refractivity contribution in [2.45, 2.75) is 0 Å². The molecule has 10 aromatic carbocycles. The summed E-state index contributed by atoms with van der Waals surface area (Å²) in [5, 5.41) is 13.3. The Morgan fingerprint density at radius 1 is 0.273 bits per heavy atom. The van der Waals surface area contributed by atoms with E-state index in [4.69, 9.17) is 0 Å². The van der Waals surface area contributed by atoms with Crippen molar-refractivity contribution >= 4 is 75.4 Å². The van der Waals surface area contributed by atoms with Crippen molar-refractivity contribution in [2.24, 2.45) is 0 Å². The van der Waals surface area contributed by atoms with Gasteiger partial charge in [-0.1, -0.05) is 97.1 Å². The zero-order valence-corrected chi connectivity index (χ0v) is 23.5. The minimum Gasteiger partial charge on any atom is -0.289 e. The Kier molecular flexibility index (Phi) is 4.50. The third-order valence-electron chi connectivity index (χ3n) is 9.68. The Bertz CT molecular complexity index is 2690. The Labute approximate surface area is 251 Å². The van der Waals surface area contributed by atoms with Gasteiger partial charge in [0, 0.05) is 32.3 Å². The number of fused-ring (bicyclic) bond motifs is 4. The number of hydrogen-bond acceptors (Lipinski definition) is 2. The maximum Gasteiger partial charge on any atom is 0.194 e. The molecule has 2 heteroatoms. The molecule has 0 bridgehead atoms. The lowest BCUT2D eigenvalue weighted by molar-refractivity contribution is 1.64. The third-order valence-corrected chi connectivity index (χ3v) is 9.68. The summed E-state index contributed by atoms with van der Waals surface area (Å²) >= 11 is 0. The summed E-state index contributed by atoms with van der Waals surface area (Å²) < 4.78 is 0. The second-order valence-corrected chi connectivity index (χ2v) is 11.9. The van der Waals surface area contributed by atoms with E-state index in [2.05, 4.69) is 72.8 Å². The monoisotopic (exact) mass is 558 g/mol. The fourth-order valence-corrected chi connectivity index (χ4v) is 7.68. The zero-order chi connectivity index (χ0) is 29.1. The van der Waals surface area contributed by atoms with Gasteiger partial charge in [0.1, 0.15) is 0 Å². The Balaban J connectivity index is 1.35. The van der Waals surface area contributed by atoms with E-state index in [1.165, 1.54) is 0 Å². The lowest BCUT2D eigenvalue weighted by atomic mass is 9.83. The van der Waals surface area contributed by atoms with Crippen molar-refractivity contribution in [3.8, 4) is 22.3 Å². The van der Waals surface area contributed by atoms with Gasteiger partial charge < -0.3 is 0 Å². The molecule has 10 aromatic rings. The van der Waals surface area contributed by atoms with Gasteiger partial charge >= 0.3 is 0 Å². The topological polar surface area (TPSA) is 34.1 Å². The van der Waals surface area contributed by atoms with E-state index in [9.17, 15) is 9.59 Å². The van der Waals surface area contributed by atoms with Crippen molar-refractivity contribution in [3.05, 3.63) is 154 Å². The minimum atomic E-state index is 0.0469. The Morgan fingerprint density at radius 3 is 1.11 bits per heavy atom. The van der Waals surface area contributed by atoms with Crippen molar-refractivity contribution in [1.82, 2.24) is 0 Å². The maximum atomic E-state index is 14.1. The summed E-state index contributed by atoms with van der Waals surface area (Å²) in [4.78, 5) is 28.2. The molecule has 0 spiro atoms. The van der Waals surface area contributed by atoms with Crippen LogP contribution in [0, 0.1) is 0 Å². The molecule has 202 valence electrons. The van der Waals surface area contributed by atoms with Gasteiger partial charge in [0.15, 0.2) is 10.9 Å². The third kappa shape index (κ3) is 2.99. The Hall–Kier alpha value is -5.86. The summed E-state index contributed by atoms with van der Waals surface area (Å²) in [6, 6.07) is 45.5. The quantitative estimate of drug-likeness (QED) is 0.156. The highest BCUT2D eigenvalue weighted by Gasteiger charge is 2.22. The van der Waals surface area contributed by atoms with Gasteiger partial charge in [-0.05, 0) is 102 Å². The molecule has 0 fully saturated rings. The predicted octanol–water partition coefficient (Wildman–Crippen LogP) is 10.1. The van der Waals surface area contributed by atoms with E-state index in [0.717, 1.165) is 97.7 Å². The van der Waals surface area contributed by atoms with Crippen LogP contribution in [0.1, 0.15) is 0 Å². The molecule has 0 aliphatic carbocycles. The summed E-state index contributed by atoms with van der Waals surface area (Å²) in [5.41, 5.74) is 4.34. The molecule has 0 radical (unpaired) electrons. The smallest absolute Gasteiger partial charge is 0.194 e. The van der Waals surface area contributed by atoms with Crippen molar-refractivity contribution in [1.29, 1.82) is 0 Å². The van der Waals surface area contributed by atoms with E-state index < -0.39 is 0 Å². The van der Waals surface area contributed by atoms with Crippen molar-refractivity contribution in [2.75, 3.05) is 0 Å². The molecule has 0 saturated carbocycles. The number of rotatable bonds is 2. The van der Waals surface area contributed by atoms with Gasteiger partial charge in [0.25, 0.3) is 0 Å². The summed E-state index contributed by atoms with van der Waals surface area (Å²) in [5.74, 6) is 0. The second kappa shape index (κ2) is 8.37. The Morgan fingerprint density at radius 2 is 0.682 bits per heavy atom. The second-order valence-electron chi connectivity index (χ2n) is 11.9. The molecule has 2 nitrogen and oxygen atoms in total. The fourth-order valence-electron chi connectivity index (χ4n) is 7.68. The highest BCUT2D eigenvalue weighted by atomic mass is 16.1. The highest BCUT2D eigenvalue weighted by Crippen LogP contribution is 2.45. The zero-order valence-electron chi connectivity index (χ0n) is 23.5. The molecule has 0 aliphatic heterocycles. The van der Waals surface area contributed by atoms with Crippen LogP contribution >= 0.6 is 0 Å². The molecular formula is C42H22O2. The minimum absolute atomic E-state index is 0.0469. The fraction of sp³-hybridized carbons (Fsp3) is 0. The molecule has 44 heavy (non-hydrogen) atoms. The van der Waals surface area contributed by atoms with Gasteiger partial charge in [-0.3, -0.25) is 9.59 Å². The highest BCUT2D eigenvalue weighted by molar-refractivity contribution is 6.40. The first-order valence-corrected chi connectivity index (χ1v) is 14.9. The average Bonchev–Trinajstić information content (AvgIpc) is 3.09. The standard InChI is InChI=1S/C42H22O2/c43-41-31-17-13-28-22-34-30-16-12-26(24-9-5-2-6-10-24)20-36(30)42(44)32-18-14-27-21-33(39(31)37(28)38(27)40(32)34)29-15-11-25(19-35(29)41)23-7-3-1-4-8-23/h1-22H. The molecule has 0 N–H and O–H groups in total. The molecule has 10 rings (SSSR count). The van der Waals surface area contributed by atoms with E-state index in [1.54, 1.807) is 0 Å². The molecule has 0 amide bonds. The first kappa shape index (κ1) is 23.7. The van der Waals surface area contributed by atoms with Crippen molar-refractivity contribution < 1.29 is 0 Å². The van der Waals surface area contributed by atoms with E-state index in [0.29, 0.717) is 0 Å².